The van der Waals surface area contributed by atoms with Crippen LogP contribution in [-0.4, -0.2) is 11.1 Å². The van der Waals surface area contributed by atoms with Gasteiger partial charge >= 0.3 is 5.97 Å². The Hall–Kier alpha value is -1.80. The Balaban J connectivity index is 2.90. The van der Waals surface area contributed by atoms with Gasteiger partial charge in [0.1, 0.15) is 11.8 Å². The fourth-order valence-corrected chi connectivity index (χ4v) is 0.702. The number of hydrogen-bond acceptors (Lipinski definition) is 4. The number of carboxylic acid groups (broad SMARTS) is 1. The van der Waals surface area contributed by atoms with Gasteiger partial charge in [0.15, 0.2) is 6.04 Å². The first kappa shape index (κ1) is 8.30. The number of furan rings is 1. The Morgan fingerprint density at radius 2 is 2.42 bits per heavy atom. The summed E-state index contributed by atoms with van der Waals surface area (Å²) >= 11 is 0. The van der Waals surface area contributed by atoms with Gasteiger partial charge in [0.25, 0.3) is 0 Å². The molecule has 0 saturated carbocycles. The fourth-order valence-electron chi connectivity index (χ4n) is 0.702. The van der Waals surface area contributed by atoms with Gasteiger partial charge in [0, 0.05) is 0 Å². The standard InChI is InChI=1S/C7H6N2O3/c8-3-4-1-2-5(12-4)6(9)7(10)11/h1-2,6H,9H2,(H,10,11). The minimum Gasteiger partial charge on any atom is -0.480 e. The van der Waals surface area contributed by atoms with Crippen LogP contribution in [-0.2, 0) is 4.79 Å². The molecule has 1 rings (SSSR count). The molecule has 12 heavy (non-hydrogen) atoms. The fraction of sp³-hybridized carbons (Fsp3) is 0.143. The second-order valence-electron chi connectivity index (χ2n) is 2.13. The first-order chi connectivity index (χ1) is 5.65. The minimum atomic E-state index is -1.20. The molecular formula is C7H6N2O3. The predicted molar refractivity (Wildman–Crippen MR) is 38.0 cm³/mol. The van der Waals surface area contributed by atoms with Crippen molar-refractivity contribution >= 4 is 5.97 Å². The number of aliphatic carboxylic acids is 1. The van der Waals surface area contributed by atoms with Crippen molar-refractivity contribution in [3.8, 4) is 6.07 Å². The first-order valence-electron chi connectivity index (χ1n) is 3.13. The van der Waals surface area contributed by atoms with Gasteiger partial charge in [-0.2, -0.15) is 5.26 Å². The van der Waals surface area contributed by atoms with Gasteiger partial charge in [0.2, 0.25) is 5.76 Å². The molecule has 1 unspecified atom stereocenters. The molecule has 0 amide bonds. The van der Waals surface area contributed by atoms with Gasteiger partial charge in [-0.3, -0.25) is 4.79 Å². The summed E-state index contributed by atoms with van der Waals surface area (Å²) in [6, 6.07) is 3.27. The van der Waals surface area contributed by atoms with Crippen molar-refractivity contribution in [2.45, 2.75) is 6.04 Å². The van der Waals surface area contributed by atoms with Gasteiger partial charge in [-0.15, -0.1) is 0 Å². The Bertz CT molecular complexity index is 337. The summed E-state index contributed by atoms with van der Waals surface area (Å²) in [7, 11) is 0. The van der Waals surface area contributed by atoms with E-state index in [2.05, 4.69) is 0 Å². The average molecular weight is 166 g/mol. The molecule has 5 heteroatoms. The van der Waals surface area contributed by atoms with Crippen molar-refractivity contribution in [2.24, 2.45) is 5.73 Å². The van der Waals surface area contributed by atoms with E-state index in [0.717, 1.165) is 0 Å². The van der Waals surface area contributed by atoms with Gasteiger partial charge in [-0.1, -0.05) is 0 Å². The van der Waals surface area contributed by atoms with E-state index >= 15 is 0 Å². The highest BCUT2D eigenvalue weighted by Gasteiger charge is 2.17. The molecule has 0 aliphatic heterocycles. The topological polar surface area (TPSA) is 100 Å². The molecule has 62 valence electrons. The Morgan fingerprint density at radius 1 is 1.75 bits per heavy atom. The normalized spacial score (nSPS) is 12.0. The largest absolute Gasteiger partial charge is 0.480 e. The highest BCUT2D eigenvalue weighted by molar-refractivity contribution is 5.74. The van der Waals surface area contributed by atoms with E-state index < -0.39 is 12.0 Å². The third kappa shape index (κ3) is 1.44. The molecule has 3 N–H and O–H groups in total. The molecule has 0 spiro atoms. The monoisotopic (exact) mass is 166 g/mol. The third-order valence-electron chi connectivity index (χ3n) is 1.31. The van der Waals surface area contributed by atoms with Crippen LogP contribution in [0.3, 0.4) is 0 Å². The number of carboxylic acids is 1. The summed E-state index contributed by atoms with van der Waals surface area (Å²) in [5.41, 5.74) is 5.20. The minimum absolute atomic E-state index is 0.0571. The van der Waals surface area contributed by atoms with Crippen molar-refractivity contribution in [1.29, 1.82) is 5.26 Å². The first-order valence-corrected chi connectivity index (χ1v) is 3.13. The van der Waals surface area contributed by atoms with Crippen molar-refractivity contribution in [3.05, 3.63) is 23.7 Å². The number of carbonyl (C=O) groups is 1. The van der Waals surface area contributed by atoms with E-state index in [1.54, 1.807) is 6.07 Å². The molecule has 0 bridgehead atoms. The second kappa shape index (κ2) is 3.07. The predicted octanol–water partition coefficient (Wildman–Crippen LogP) is 0.236. The number of nitrogens with two attached hydrogens (primary N) is 1. The van der Waals surface area contributed by atoms with Crippen LogP contribution < -0.4 is 5.73 Å². The van der Waals surface area contributed by atoms with Crippen LogP contribution in [0.4, 0.5) is 0 Å². The summed E-state index contributed by atoms with van der Waals surface area (Å²) in [6.45, 7) is 0. The van der Waals surface area contributed by atoms with Gasteiger partial charge < -0.3 is 15.3 Å². The lowest BCUT2D eigenvalue weighted by atomic mass is 10.2. The molecule has 0 radical (unpaired) electrons. The molecule has 0 aliphatic rings. The molecule has 1 aromatic heterocycles. The average Bonchev–Trinajstić information content (AvgIpc) is 2.50. The van der Waals surface area contributed by atoms with Gasteiger partial charge in [0.05, 0.1) is 0 Å². The zero-order valence-electron chi connectivity index (χ0n) is 6.02. The van der Waals surface area contributed by atoms with Crippen LogP contribution in [0.1, 0.15) is 17.6 Å². The van der Waals surface area contributed by atoms with E-state index in [4.69, 9.17) is 20.5 Å². The third-order valence-corrected chi connectivity index (χ3v) is 1.31. The maximum atomic E-state index is 10.3. The molecule has 1 aromatic rings. The van der Waals surface area contributed by atoms with Gasteiger partial charge in [-0.25, -0.2) is 0 Å². The zero-order chi connectivity index (χ0) is 9.14. The van der Waals surface area contributed by atoms with Crippen molar-refractivity contribution in [1.82, 2.24) is 0 Å². The lowest BCUT2D eigenvalue weighted by molar-refractivity contribution is -0.139. The van der Waals surface area contributed by atoms with Crippen molar-refractivity contribution in [2.75, 3.05) is 0 Å². The SMILES string of the molecule is N#Cc1ccc(C(N)C(=O)O)o1. The van der Waals surface area contributed by atoms with Crippen molar-refractivity contribution in [3.63, 3.8) is 0 Å². The zero-order valence-corrected chi connectivity index (χ0v) is 6.02. The lowest BCUT2D eigenvalue weighted by Gasteiger charge is -1.99. The van der Waals surface area contributed by atoms with E-state index in [1.165, 1.54) is 12.1 Å². The van der Waals surface area contributed by atoms with Crippen LogP contribution in [0.2, 0.25) is 0 Å². The molecule has 1 heterocycles. The van der Waals surface area contributed by atoms with Crippen molar-refractivity contribution < 1.29 is 14.3 Å². The Morgan fingerprint density at radius 3 is 2.83 bits per heavy atom. The van der Waals surface area contributed by atoms with Crippen LogP contribution in [0.25, 0.3) is 0 Å². The summed E-state index contributed by atoms with van der Waals surface area (Å²) in [6.07, 6.45) is 0. The highest BCUT2D eigenvalue weighted by Crippen LogP contribution is 2.13. The summed E-state index contributed by atoms with van der Waals surface area (Å²) in [5.74, 6) is -1.05. The van der Waals surface area contributed by atoms with Crippen LogP contribution in [0.5, 0.6) is 0 Å². The van der Waals surface area contributed by atoms with E-state index in [9.17, 15) is 4.79 Å². The van der Waals surface area contributed by atoms with E-state index in [1.807, 2.05) is 0 Å². The molecular weight excluding hydrogens is 160 g/mol. The lowest BCUT2D eigenvalue weighted by Crippen LogP contribution is -2.19. The summed E-state index contributed by atoms with van der Waals surface area (Å²) < 4.78 is 4.79. The highest BCUT2D eigenvalue weighted by atomic mass is 16.4. The molecule has 0 aliphatic carbocycles. The van der Waals surface area contributed by atoms with Crippen LogP contribution in [0.15, 0.2) is 16.5 Å². The maximum Gasteiger partial charge on any atom is 0.328 e. The molecule has 1 atom stereocenters. The molecule has 0 fully saturated rings. The Kier molecular flexibility index (Phi) is 2.12. The summed E-state index contributed by atoms with van der Waals surface area (Å²) in [5, 5.41) is 16.8. The maximum absolute atomic E-state index is 10.3. The number of nitriles is 1. The summed E-state index contributed by atoms with van der Waals surface area (Å²) in [4.78, 5) is 10.3. The van der Waals surface area contributed by atoms with E-state index in [0.29, 0.717) is 0 Å². The molecule has 0 aromatic carbocycles. The molecule has 5 nitrogen and oxygen atoms in total. The number of rotatable bonds is 2. The molecule has 0 saturated heterocycles. The number of nitrogens with zero attached hydrogens (tertiary/aromatic N) is 1. The van der Waals surface area contributed by atoms with Crippen LogP contribution >= 0.6 is 0 Å². The quantitative estimate of drug-likeness (QED) is 0.655. The smallest absolute Gasteiger partial charge is 0.328 e. The van der Waals surface area contributed by atoms with E-state index in [-0.39, 0.29) is 11.5 Å². The Labute approximate surface area is 68.0 Å². The van der Waals surface area contributed by atoms with Gasteiger partial charge in [-0.05, 0) is 12.1 Å². The second-order valence-corrected chi connectivity index (χ2v) is 2.13. The number of hydrogen-bond donors (Lipinski definition) is 2. The van der Waals surface area contributed by atoms with Crippen LogP contribution in [0, 0.1) is 11.3 Å².